The van der Waals surface area contributed by atoms with Crippen LogP contribution in [0.25, 0.3) is 0 Å². The van der Waals surface area contributed by atoms with E-state index in [2.05, 4.69) is 10.2 Å². The standard InChI is InChI=1S/C15H23N3O2/c1-18(2)9-3-8-17-11-14(19)12-20-15-6-4-13(10-16)5-7-15/h4-7,14,17,19H,3,8-9,11-12H2,1-2H3. The van der Waals surface area contributed by atoms with E-state index in [1.165, 1.54) is 0 Å². The molecule has 5 heteroatoms. The second-order valence-electron chi connectivity index (χ2n) is 4.96. The number of aliphatic hydroxyl groups is 1. The van der Waals surface area contributed by atoms with E-state index in [1.807, 2.05) is 20.2 Å². The molecule has 1 aromatic rings. The highest BCUT2D eigenvalue weighted by Gasteiger charge is 2.04. The first-order valence-corrected chi connectivity index (χ1v) is 6.78. The summed E-state index contributed by atoms with van der Waals surface area (Å²) in [5.74, 6) is 0.663. The highest BCUT2D eigenvalue weighted by atomic mass is 16.5. The molecule has 0 aliphatic rings. The first-order valence-electron chi connectivity index (χ1n) is 6.78. The van der Waals surface area contributed by atoms with Gasteiger partial charge in [0.15, 0.2) is 0 Å². The van der Waals surface area contributed by atoms with Gasteiger partial charge in [0.1, 0.15) is 18.5 Å². The van der Waals surface area contributed by atoms with Crippen molar-refractivity contribution < 1.29 is 9.84 Å². The molecular weight excluding hydrogens is 254 g/mol. The van der Waals surface area contributed by atoms with Crippen LogP contribution in [0, 0.1) is 11.3 Å². The number of nitrogens with zero attached hydrogens (tertiary/aromatic N) is 2. The first kappa shape index (κ1) is 16.4. The molecule has 0 amide bonds. The van der Waals surface area contributed by atoms with Gasteiger partial charge >= 0.3 is 0 Å². The predicted octanol–water partition coefficient (Wildman–Crippen LogP) is 0.839. The molecule has 0 aliphatic carbocycles. The quantitative estimate of drug-likeness (QED) is 0.655. The molecule has 0 spiro atoms. The van der Waals surface area contributed by atoms with Crippen LogP contribution >= 0.6 is 0 Å². The van der Waals surface area contributed by atoms with Crippen LogP contribution in [0.4, 0.5) is 0 Å². The topological polar surface area (TPSA) is 68.5 Å². The molecule has 1 atom stereocenters. The lowest BCUT2D eigenvalue weighted by molar-refractivity contribution is 0.106. The molecule has 0 fully saturated rings. The third kappa shape index (κ3) is 7.10. The molecular formula is C15H23N3O2. The zero-order valence-corrected chi connectivity index (χ0v) is 12.2. The number of ether oxygens (including phenoxy) is 1. The van der Waals surface area contributed by atoms with Crippen LogP contribution in [0.15, 0.2) is 24.3 Å². The van der Waals surface area contributed by atoms with Crippen LogP contribution < -0.4 is 10.1 Å². The zero-order chi connectivity index (χ0) is 14.8. The molecule has 0 saturated carbocycles. The Labute approximate surface area is 120 Å². The van der Waals surface area contributed by atoms with Gasteiger partial charge in [0, 0.05) is 6.54 Å². The maximum Gasteiger partial charge on any atom is 0.119 e. The van der Waals surface area contributed by atoms with Crippen molar-refractivity contribution in [1.82, 2.24) is 10.2 Å². The van der Waals surface area contributed by atoms with E-state index in [-0.39, 0.29) is 6.61 Å². The van der Waals surface area contributed by atoms with Gasteiger partial charge in [-0.2, -0.15) is 5.26 Å². The molecule has 110 valence electrons. The van der Waals surface area contributed by atoms with E-state index in [0.717, 1.165) is 19.5 Å². The summed E-state index contributed by atoms with van der Waals surface area (Å²) in [6, 6.07) is 8.90. The second-order valence-corrected chi connectivity index (χ2v) is 4.96. The fourth-order valence-corrected chi connectivity index (χ4v) is 1.67. The van der Waals surface area contributed by atoms with E-state index in [1.54, 1.807) is 24.3 Å². The average Bonchev–Trinajstić information content (AvgIpc) is 2.45. The van der Waals surface area contributed by atoms with Crippen molar-refractivity contribution in [2.75, 3.05) is 40.3 Å². The molecule has 0 heterocycles. The Bertz CT molecular complexity index is 412. The third-order valence-corrected chi connectivity index (χ3v) is 2.76. The average molecular weight is 277 g/mol. The summed E-state index contributed by atoms with van der Waals surface area (Å²) in [6.07, 6.45) is 0.515. The smallest absolute Gasteiger partial charge is 0.119 e. The third-order valence-electron chi connectivity index (χ3n) is 2.76. The number of nitrogens with one attached hydrogen (secondary N) is 1. The molecule has 0 saturated heterocycles. The minimum atomic E-state index is -0.537. The Hall–Kier alpha value is -1.61. The SMILES string of the molecule is CN(C)CCCNCC(O)COc1ccc(C#N)cc1. The Morgan fingerprint density at radius 2 is 2.05 bits per heavy atom. The van der Waals surface area contributed by atoms with Crippen molar-refractivity contribution in [1.29, 1.82) is 5.26 Å². The summed E-state index contributed by atoms with van der Waals surface area (Å²) >= 11 is 0. The first-order chi connectivity index (χ1) is 9.61. The van der Waals surface area contributed by atoms with Gasteiger partial charge in [-0.3, -0.25) is 0 Å². The molecule has 0 aromatic heterocycles. The Kier molecular flexibility index (Phi) is 7.66. The molecule has 1 unspecified atom stereocenters. The number of nitriles is 1. The Morgan fingerprint density at radius 1 is 1.35 bits per heavy atom. The molecule has 20 heavy (non-hydrogen) atoms. The zero-order valence-electron chi connectivity index (χ0n) is 12.2. The van der Waals surface area contributed by atoms with Gasteiger partial charge in [-0.1, -0.05) is 0 Å². The van der Waals surface area contributed by atoms with Crippen molar-refractivity contribution in [2.24, 2.45) is 0 Å². The Morgan fingerprint density at radius 3 is 2.65 bits per heavy atom. The summed E-state index contributed by atoms with van der Waals surface area (Å²) in [5, 5.41) is 21.6. The van der Waals surface area contributed by atoms with Crippen LogP contribution in [0.1, 0.15) is 12.0 Å². The van der Waals surface area contributed by atoms with Crippen LogP contribution in [0.2, 0.25) is 0 Å². The van der Waals surface area contributed by atoms with E-state index in [4.69, 9.17) is 10.00 Å². The lowest BCUT2D eigenvalue weighted by Crippen LogP contribution is -2.32. The van der Waals surface area contributed by atoms with E-state index < -0.39 is 6.10 Å². The van der Waals surface area contributed by atoms with Gasteiger partial charge < -0.3 is 20.1 Å². The molecule has 0 bridgehead atoms. The van der Waals surface area contributed by atoms with Crippen molar-refractivity contribution >= 4 is 0 Å². The van der Waals surface area contributed by atoms with Crippen LogP contribution in [0.3, 0.4) is 0 Å². The largest absolute Gasteiger partial charge is 0.491 e. The summed E-state index contributed by atoms with van der Waals surface area (Å²) in [6.45, 7) is 2.67. The second kappa shape index (κ2) is 9.32. The monoisotopic (exact) mass is 277 g/mol. The summed E-state index contributed by atoms with van der Waals surface area (Å²) in [7, 11) is 4.08. The minimum Gasteiger partial charge on any atom is -0.491 e. The fraction of sp³-hybridized carbons (Fsp3) is 0.533. The van der Waals surface area contributed by atoms with Crippen LogP contribution in [-0.4, -0.2) is 56.4 Å². The molecule has 5 nitrogen and oxygen atoms in total. The number of hydrogen-bond acceptors (Lipinski definition) is 5. The maximum absolute atomic E-state index is 9.77. The summed E-state index contributed by atoms with van der Waals surface area (Å²) in [5.41, 5.74) is 0.598. The predicted molar refractivity (Wildman–Crippen MR) is 78.7 cm³/mol. The van der Waals surface area contributed by atoms with Gasteiger partial charge in [-0.25, -0.2) is 0 Å². The van der Waals surface area contributed by atoms with Crippen LogP contribution in [-0.2, 0) is 0 Å². The number of benzene rings is 1. The number of rotatable bonds is 9. The van der Waals surface area contributed by atoms with Crippen LogP contribution in [0.5, 0.6) is 5.75 Å². The van der Waals surface area contributed by atoms with Gasteiger partial charge in [0.25, 0.3) is 0 Å². The van der Waals surface area contributed by atoms with Gasteiger partial charge in [-0.05, 0) is 57.9 Å². The van der Waals surface area contributed by atoms with E-state index >= 15 is 0 Å². The van der Waals surface area contributed by atoms with Crippen molar-refractivity contribution in [3.05, 3.63) is 29.8 Å². The summed E-state index contributed by atoms with van der Waals surface area (Å²) < 4.78 is 5.45. The highest BCUT2D eigenvalue weighted by molar-refractivity contribution is 5.34. The summed E-state index contributed by atoms with van der Waals surface area (Å²) in [4.78, 5) is 2.13. The van der Waals surface area contributed by atoms with Crippen molar-refractivity contribution in [3.63, 3.8) is 0 Å². The number of hydrogen-bond donors (Lipinski definition) is 2. The molecule has 2 N–H and O–H groups in total. The van der Waals surface area contributed by atoms with Crippen molar-refractivity contribution in [3.8, 4) is 11.8 Å². The Balaban J connectivity index is 2.13. The maximum atomic E-state index is 9.77. The molecule has 1 aromatic carbocycles. The normalized spacial score (nSPS) is 12.2. The van der Waals surface area contributed by atoms with Gasteiger partial charge in [0.05, 0.1) is 11.6 Å². The minimum absolute atomic E-state index is 0.243. The molecule has 0 radical (unpaired) electrons. The van der Waals surface area contributed by atoms with E-state index in [0.29, 0.717) is 17.9 Å². The lowest BCUT2D eigenvalue weighted by Gasteiger charge is -2.14. The number of aliphatic hydroxyl groups excluding tert-OH is 1. The lowest BCUT2D eigenvalue weighted by atomic mass is 10.2. The highest BCUT2D eigenvalue weighted by Crippen LogP contribution is 2.11. The van der Waals surface area contributed by atoms with E-state index in [9.17, 15) is 5.11 Å². The fourth-order valence-electron chi connectivity index (χ4n) is 1.67. The van der Waals surface area contributed by atoms with Crippen molar-refractivity contribution in [2.45, 2.75) is 12.5 Å². The molecule has 1 rings (SSSR count). The molecule has 0 aliphatic heterocycles. The van der Waals surface area contributed by atoms with Gasteiger partial charge in [0.2, 0.25) is 0 Å². The van der Waals surface area contributed by atoms with Gasteiger partial charge in [-0.15, -0.1) is 0 Å².